The average molecular weight is 280 g/mol. The molecule has 0 spiro atoms. The van der Waals surface area contributed by atoms with E-state index >= 15 is 0 Å². The first-order valence-electron chi connectivity index (χ1n) is 6.22. The van der Waals surface area contributed by atoms with Crippen LogP contribution in [0.3, 0.4) is 0 Å². The maximum Gasteiger partial charge on any atom is 0.182 e. The molecule has 1 heterocycles. The minimum atomic E-state index is 0.572. The molecule has 0 saturated carbocycles. The fourth-order valence-electron chi connectivity index (χ4n) is 2.27. The molecule has 0 aliphatic heterocycles. The number of para-hydroxylation sites is 2. The van der Waals surface area contributed by atoms with E-state index in [1.807, 2.05) is 59.2 Å². The van der Waals surface area contributed by atoms with Crippen LogP contribution in [0.2, 0.25) is 0 Å². The van der Waals surface area contributed by atoms with Crippen molar-refractivity contribution in [1.82, 2.24) is 9.55 Å². The maximum absolute atomic E-state index is 11.0. The van der Waals surface area contributed by atoms with Crippen LogP contribution in [-0.2, 0) is 4.79 Å². The Hall–Kier alpha value is -2.46. The number of nitrogens with zero attached hydrogens (tertiary/aromatic N) is 1. The molecule has 0 aliphatic carbocycles. The summed E-state index contributed by atoms with van der Waals surface area (Å²) in [7, 11) is 0. The number of aromatic amines is 1. The fourth-order valence-corrected chi connectivity index (χ4v) is 2.57. The lowest BCUT2D eigenvalue weighted by Crippen LogP contribution is -1.99. The Bertz CT molecular complexity index is 844. The Balaban J connectivity index is 2.32. The Morgan fingerprint density at radius 2 is 1.75 bits per heavy atom. The number of carbonyl (C=O) groups is 1. The van der Waals surface area contributed by atoms with Crippen molar-refractivity contribution in [2.45, 2.75) is 0 Å². The molecule has 0 atom stereocenters. The molecule has 3 aromatic rings. The molecule has 1 aromatic heterocycles. The van der Waals surface area contributed by atoms with E-state index in [2.05, 4.69) is 4.98 Å². The van der Waals surface area contributed by atoms with Gasteiger partial charge in [0, 0.05) is 6.08 Å². The highest BCUT2D eigenvalue weighted by Crippen LogP contribution is 2.23. The highest BCUT2D eigenvalue weighted by Gasteiger charge is 2.10. The summed E-state index contributed by atoms with van der Waals surface area (Å²) in [5, 5.41) is 0. The topological polar surface area (TPSA) is 37.8 Å². The lowest BCUT2D eigenvalue weighted by Gasteiger charge is -2.09. The lowest BCUT2D eigenvalue weighted by molar-refractivity contribution is -0.104. The summed E-state index contributed by atoms with van der Waals surface area (Å²) >= 11 is 5.39. The van der Waals surface area contributed by atoms with Gasteiger partial charge < -0.3 is 4.98 Å². The number of rotatable bonds is 3. The zero-order chi connectivity index (χ0) is 13.9. The standard InChI is InChI=1S/C16H12N2OS/c19-11-10-14(12-6-2-1-3-7-12)18-15-9-5-4-8-13(15)17-16(18)20/h1-11H,(H,17,20)/b14-10-. The molecule has 2 aromatic carbocycles. The third-order valence-electron chi connectivity index (χ3n) is 3.13. The normalized spacial score (nSPS) is 11.7. The van der Waals surface area contributed by atoms with Crippen molar-refractivity contribution in [2.75, 3.05) is 0 Å². The van der Waals surface area contributed by atoms with Gasteiger partial charge in [0.15, 0.2) is 4.77 Å². The summed E-state index contributed by atoms with van der Waals surface area (Å²) in [5.41, 5.74) is 3.61. The molecule has 20 heavy (non-hydrogen) atoms. The van der Waals surface area contributed by atoms with E-state index in [4.69, 9.17) is 12.2 Å². The van der Waals surface area contributed by atoms with Crippen LogP contribution in [0.15, 0.2) is 60.7 Å². The van der Waals surface area contributed by atoms with Crippen LogP contribution in [0.25, 0.3) is 16.7 Å². The highest BCUT2D eigenvalue weighted by atomic mass is 32.1. The van der Waals surface area contributed by atoms with Gasteiger partial charge in [0.05, 0.1) is 16.7 Å². The number of carbonyl (C=O) groups excluding carboxylic acids is 1. The molecular formula is C16H12N2OS. The highest BCUT2D eigenvalue weighted by molar-refractivity contribution is 7.71. The Kier molecular flexibility index (Phi) is 3.31. The zero-order valence-corrected chi connectivity index (χ0v) is 11.4. The van der Waals surface area contributed by atoms with Gasteiger partial charge in [-0.25, -0.2) is 0 Å². The van der Waals surface area contributed by atoms with Gasteiger partial charge in [0.1, 0.15) is 6.29 Å². The van der Waals surface area contributed by atoms with Gasteiger partial charge in [0.25, 0.3) is 0 Å². The number of fused-ring (bicyclic) bond motifs is 1. The molecule has 0 bridgehead atoms. The monoisotopic (exact) mass is 280 g/mol. The number of benzene rings is 2. The predicted molar refractivity (Wildman–Crippen MR) is 83.0 cm³/mol. The lowest BCUT2D eigenvalue weighted by atomic mass is 10.1. The van der Waals surface area contributed by atoms with Crippen molar-refractivity contribution < 1.29 is 4.79 Å². The molecule has 0 unspecified atom stereocenters. The van der Waals surface area contributed by atoms with Gasteiger partial charge in [-0.15, -0.1) is 0 Å². The van der Waals surface area contributed by atoms with Gasteiger partial charge in [-0.2, -0.15) is 0 Å². The third kappa shape index (κ3) is 2.10. The fraction of sp³-hybridized carbons (Fsp3) is 0. The summed E-state index contributed by atoms with van der Waals surface area (Å²) in [6.45, 7) is 0. The van der Waals surface area contributed by atoms with Crippen molar-refractivity contribution in [1.29, 1.82) is 0 Å². The third-order valence-corrected chi connectivity index (χ3v) is 3.41. The van der Waals surface area contributed by atoms with Crippen LogP contribution in [0, 0.1) is 4.77 Å². The number of hydrogen-bond acceptors (Lipinski definition) is 2. The molecular weight excluding hydrogens is 268 g/mol. The molecule has 4 heteroatoms. The van der Waals surface area contributed by atoms with Gasteiger partial charge in [-0.05, 0) is 29.9 Å². The smallest absolute Gasteiger partial charge is 0.182 e. The first kappa shape index (κ1) is 12.6. The van der Waals surface area contributed by atoms with Crippen LogP contribution in [0.5, 0.6) is 0 Å². The number of imidazole rings is 1. The first-order chi connectivity index (χ1) is 9.81. The minimum absolute atomic E-state index is 0.572. The molecule has 0 saturated heterocycles. The second kappa shape index (κ2) is 5.27. The van der Waals surface area contributed by atoms with Crippen LogP contribution in [0.1, 0.15) is 5.56 Å². The summed E-state index contributed by atoms with van der Waals surface area (Å²) in [6.07, 6.45) is 2.32. The first-order valence-corrected chi connectivity index (χ1v) is 6.63. The van der Waals surface area contributed by atoms with E-state index in [1.165, 1.54) is 6.08 Å². The van der Waals surface area contributed by atoms with E-state index in [1.54, 1.807) is 0 Å². The quantitative estimate of drug-likeness (QED) is 0.450. The summed E-state index contributed by atoms with van der Waals surface area (Å²) < 4.78 is 2.46. The van der Waals surface area contributed by atoms with Crippen LogP contribution in [0.4, 0.5) is 0 Å². The van der Waals surface area contributed by atoms with Crippen LogP contribution < -0.4 is 0 Å². The molecule has 0 radical (unpaired) electrons. The van der Waals surface area contributed by atoms with E-state index in [9.17, 15) is 4.79 Å². The Labute approximate surface area is 121 Å². The van der Waals surface area contributed by atoms with Crippen molar-refractivity contribution in [3.63, 3.8) is 0 Å². The largest absolute Gasteiger partial charge is 0.330 e. The number of nitrogens with one attached hydrogen (secondary N) is 1. The summed E-state index contributed by atoms with van der Waals surface area (Å²) in [6, 6.07) is 17.6. The Morgan fingerprint density at radius 3 is 2.50 bits per heavy atom. The van der Waals surface area contributed by atoms with Crippen LogP contribution >= 0.6 is 12.2 Å². The van der Waals surface area contributed by atoms with Gasteiger partial charge in [0.2, 0.25) is 0 Å². The van der Waals surface area contributed by atoms with Crippen molar-refractivity contribution in [3.8, 4) is 0 Å². The zero-order valence-electron chi connectivity index (χ0n) is 10.6. The van der Waals surface area contributed by atoms with Crippen molar-refractivity contribution in [3.05, 3.63) is 71.0 Å². The molecule has 1 N–H and O–H groups in total. The molecule has 98 valence electrons. The second-order valence-electron chi connectivity index (χ2n) is 4.34. The molecule has 3 rings (SSSR count). The number of hydrogen-bond donors (Lipinski definition) is 1. The molecule has 3 nitrogen and oxygen atoms in total. The summed E-state index contributed by atoms with van der Waals surface area (Å²) in [5.74, 6) is 0. The average Bonchev–Trinajstić information content (AvgIpc) is 2.82. The molecule has 0 aliphatic rings. The number of allylic oxidation sites excluding steroid dienone is 1. The van der Waals surface area contributed by atoms with Gasteiger partial charge in [-0.3, -0.25) is 9.36 Å². The number of aldehydes is 1. The van der Waals surface area contributed by atoms with E-state index < -0.39 is 0 Å². The SMILES string of the molecule is O=C/C=C(/c1ccccc1)n1c(=S)[nH]c2ccccc21. The summed E-state index contributed by atoms with van der Waals surface area (Å²) in [4.78, 5) is 14.2. The number of H-pyrrole nitrogens is 1. The van der Waals surface area contributed by atoms with E-state index in [0.29, 0.717) is 4.77 Å². The van der Waals surface area contributed by atoms with Gasteiger partial charge in [-0.1, -0.05) is 42.5 Å². The Morgan fingerprint density at radius 1 is 1.05 bits per heavy atom. The van der Waals surface area contributed by atoms with Crippen LogP contribution in [-0.4, -0.2) is 15.8 Å². The van der Waals surface area contributed by atoms with E-state index in [-0.39, 0.29) is 0 Å². The maximum atomic E-state index is 11.0. The molecule has 0 amide bonds. The number of aromatic nitrogens is 2. The predicted octanol–water partition coefficient (Wildman–Crippen LogP) is 3.79. The second-order valence-corrected chi connectivity index (χ2v) is 4.72. The van der Waals surface area contributed by atoms with Gasteiger partial charge >= 0.3 is 0 Å². The minimum Gasteiger partial charge on any atom is -0.330 e. The molecule has 0 fully saturated rings. The van der Waals surface area contributed by atoms with Crippen molar-refractivity contribution >= 4 is 35.2 Å². The van der Waals surface area contributed by atoms with E-state index in [0.717, 1.165) is 28.6 Å². The van der Waals surface area contributed by atoms with Crippen molar-refractivity contribution in [2.24, 2.45) is 0 Å².